The predicted octanol–water partition coefficient (Wildman–Crippen LogP) is 6.24. The number of nitrogens with zero attached hydrogens (tertiary/aromatic N) is 3. The molecule has 3 aromatic carbocycles. The number of carbonyl (C=O) groups excluding carboxylic acids is 1. The van der Waals surface area contributed by atoms with E-state index in [2.05, 4.69) is 41.4 Å². The van der Waals surface area contributed by atoms with E-state index in [1.54, 1.807) is 25.3 Å². The average molecular weight is 468 g/mol. The number of benzene rings is 3. The Hall–Kier alpha value is -4.64. The fourth-order valence-electron chi connectivity index (χ4n) is 3.58. The Kier molecular flexibility index (Phi) is 6.51. The van der Waals surface area contributed by atoms with Crippen LogP contribution in [-0.4, -0.2) is 23.1 Å². The molecule has 0 atom stereocenters. The van der Waals surface area contributed by atoms with Crippen molar-refractivity contribution in [3.63, 3.8) is 0 Å². The van der Waals surface area contributed by atoms with Crippen LogP contribution in [0.3, 0.4) is 0 Å². The summed E-state index contributed by atoms with van der Waals surface area (Å²) in [6.07, 6.45) is 1.46. The van der Waals surface area contributed by atoms with Crippen molar-refractivity contribution in [2.75, 3.05) is 17.7 Å². The van der Waals surface area contributed by atoms with Gasteiger partial charge >= 0.3 is 6.03 Å². The average Bonchev–Trinajstić information content (AvgIpc) is 2.85. The van der Waals surface area contributed by atoms with E-state index in [4.69, 9.17) is 14.7 Å². The number of rotatable bonds is 5. The number of anilines is 2. The first-order valence-corrected chi connectivity index (χ1v) is 11.0. The number of hydrogen-bond acceptors (Lipinski definition) is 6. The zero-order chi connectivity index (χ0) is 25.0. The lowest BCUT2D eigenvalue weighted by atomic mass is 9.87. The summed E-state index contributed by atoms with van der Waals surface area (Å²) in [5.74, 6) is 1.38. The molecule has 1 aromatic heterocycles. The maximum absolute atomic E-state index is 12.9. The lowest BCUT2D eigenvalue weighted by molar-refractivity contribution is 0.262. The van der Waals surface area contributed by atoms with Crippen molar-refractivity contribution in [1.29, 1.82) is 5.26 Å². The number of carbonyl (C=O) groups is 1. The number of hydrogen-bond donors (Lipinski definition) is 2. The lowest BCUT2D eigenvalue weighted by Gasteiger charge is -2.21. The number of ether oxygens (including phenoxy) is 2. The van der Waals surface area contributed by atoms with Gasteiger partial charge < -0.3 is 20.1 Å². The van der Waals surface area contributed by atoms with Crippen LogP contribution in [0.25, 0.3) is 10.8 Å². The minimum Gasteiger partial charge on any atom is -0.495 e. The second-order valence-electron chi connectivity index (χ2n) is 8.83. The van der Waals surface area contributed by atoms with Crippen molar-refractivity contribution in [2.45, 2.75) is 26.2 Å². The normalized spacial score (nSPS) is 10.9. The third kappa shape index (κ3) is 5.31. The van der Waals surface area contributed by atoms with Gasteiger partial charge in [-0.1, -0.05) is 51.1 Å². The van der Waals surface area contributed by atoms with E-state index in [0.29, 0.717) is 22.9 Å². The number of nitrogens with one attached hydrogen (secondary N) is 2. The van der Waals surface area contributed by atoms with Crippen LogP contribution in [0.15, 0.2) is 66.9 Å². The van der Waals surface area contributed by atoms with Crippen LogP contribution in [0, 0.1) is 11.3 Å². The van der Waals surface area contributed by atoms with Crippen molar-refractivity contribution in [1.82, 2.24) is 9.97 Å². The summed E-state index contributed by atoms with van der Waals surface area (Å²) in [5.41, 5.74) is 2.18. The van der Waals surface area contributed by atoms with Crippen LogP contribution in [0.2, 0.25) is 0 Å². The number of fused-ring (bicyclic) bond motifs is 1. The fourth-order valence-corrected chi connectivity index (χ4v) is 3.58. The predicted molar refractivity (Wildman–Crippen MR) is 135 cm³/mol. The highest BCUT2D eigenvalue weighted by Crippen LogP contribution is 2.35. The summed E-state index contributed by atoms with van der Waals surface area (Å²) in [6.45, 7) is 6.32. The van der Waals surface area contributed by atoms with Gasteiger partial charge in [-0.2, -0.15) is 10.2 Å². The summed E-state index contributed by atoms with van der Waals surface area (Å²) < 4.78 is 11.4. The van der Waals surface area contributed by atoms with Gasteiger partial charge in [0.2, 0.25) is 11.7 Å². The minimum absolute atomic E-state index is 0.0210. The smallest absolute Gasteiger partial charge is 0.323 e. The summed E-state index contributed by atoms with van der Waals surface area (Å²) >= 11 is 0. The summed E-state index contributed by atoms with van der Waals surface area (Å²) in [6, 6.07) is 19.9. The molecule has 0 aliphatic rings. The SMILES string of the molecule is COc1ccc(C(C)(C)C)cc1NC(=O)Nc1ccc(Oc2ccnc(C#N)n2)c2ccccc12. The van der Waals surface area contributed by atoms with E-state index in [1.807, 2.05) is 48.5 Å². The van der Waals surface area contributed by atoms with E-state index < -0.39 is 6.03 Å². The molecular weight excluding hydrogens is 442 g/mol. The molecule has 0 fully saturated rings. The second-order valence-corrected chi connectivity index (χ2v) is 8.83. The maximum atomic E-state index is 12.9. The van der Waals surface area contributed by atoms with Crippen molar-refractivity contribution >= 4 is 28.2 Å². The van der Waals surface area contributed by atoms with Crippen molar-refractivity contribution in [3.05, 3.63) is 78.2 Å². The monoisotopic (exact) mass is 467 g/mol. The van der Waals surface area contributed by atoms with Crippen molar-refractivity contribution in [3.8, 4) is 23.4 Å². The molecular formula is C27H25N5O3. The number of methoxy groups -OCH3 is 1. The molecule has 0 aliphatic carbocycles. The van der Waals surface area contributed by atoms with Gasteiger partial charge in [-0.15, -0.1) is 0 Å². The van der Waals surface area contributed by atoms with E-state index in [-0.39, 0.29) is 17.1 Å². The highest BCUT2D eigenvalue weighted by molar-refractivity contribution is 6.08. The highest BCUT2D eigenvalue weighted by Gasteiger charge is 2.18. The lowest BCUT2D eigenvalue weighted by Crippen LogP contribution is -2.21. The van der Waals surface area contributed by atoms with Gasteiger partial charge in [-0.05, 0) is 35.2 Å². The van der Waals surface area contributed by atoms with Gasteiger partial charge in [-0.3, -0.25) is 0 Å². The molecule has 0 saturated heterocycles. The number of amides is 2. The molecule has 0 saturated carbocycles. The van der Waals surface area contributed by atoms with Gasteiger partial charge in [0.1, 0.15) is 17.6 Å². The Labute approximate surface area is 203 Å². The first-order valence-electron chi connectivity index (χ1n) is 11.0. The van der Waals surface area contributed by atoms with Crippen LogP contribution in [0.5, 0.6) is 17.4 Å². The topological polar surface area (TPSA) is 109 Å². The highest BCUT2D eigenvalue weighted by atomic mass is 16.5. The summed E-state index contributed by atoms with van der Waals surface area (Å²) in [4.78, 5) is 20.9. The molecule has 0 unspecified atom stereocenters. The fraction of sp³-hybridized carbons (Fsp3) is 0.185. The van der Waals surface area contributed by atoms with E-state index >= 15 is 0 Å². The Balaban J connectivity index is 1.60. The van der Waals surface area contributed by atoms with Gasteiger partial charge in [-0.25, -0.2) is 9.78 Å². The zero-order valence-electron chi connectivity index (χ0n) is 19.9. The van der Waals surface area contributed by atoms with Crippen molar-refractivity contribution < 1.29 is 14.3 Å². The van der Waals surface area contributed by atoms with Crippen LogP contribution in [-0.2, 0) is 5.41 Å². The summed E-state index contributed by atoms with van der Waals surface area (Å²) in [7, 11) is 1.57. The Bertz CT molecular complexity index is 1440. The molecule has 4 aromatic rings. The molecule has 176 valence electrons. The maximum Gasteiger partial charge on any atom is 0.323 e. The molecule has 1 heterocycles. The molecule has 0 aliphatic heterocycles. The molecule has 0 spiro atoms. The third-order valence-electron chi connectivity index (χ3n) is 5.39. The van der Waals surface area contributed by atoms with Gasteiger partial charge in [0.25, 0.3) is 0 Å². The first kappa shape index (κ1) is 23.5. The minimum atomic E-state index is -0.400. The van der Waals surface area contributed by atoms with E-state index in [1.165, 1.54) is 6.20 Å². The molecule has 2 amide bonds. The van der Waals surface area contributed by atoms with Crippen LogP contribution in [0.1, 0.15) is 32.2 Å². The Morgan fingerprint density at radius 2 is 1.66 bits per heavy atom. The third-order valence-corrected chi connectivity index (χ3v) is 5.39. The van der Waals surface area contributed by atoms with Gasteiger partial charge in [0, 0.05) is 23.0 Å². The van der Waals surface area contributed by atoms with Crippen LogP contribution in [0.4, 0.5) is 16.2 Å². The molecule has 4 rings (SSSR count). The van der Waals surface area contributed by atoms with Crippen molar-refractivity contribution in [2.24, 2.45) is 0 Å². The Morgan fingerprint density at radius 1 is 0.943 bits per heavy atom. The number of aromatic nitrogens is 2. The first-order chi connectivity index (χ1) is 16.8. The van der Waals surface area contributed by atoms with Crippen LogP contribution >= 0.6 is 0 Å². The molecule has 0 radical (unpaired) electrons. The quantitative estimate of drug-likeness (QED) is 0.359. The zero-order valence-corrected chi connectivity index (χ0v) is 19.9. The second kappa shape index (κ2) is 9.69. The Morgan fingerprint density at radius 3 is 2.37 bits per heavy atom. The standard InChI is InChI=1S/C27H25N5O3/c1-27(2,3)17-9-11-23(34-4)21(15-17)31-26(33)30-20-10-12-22(19-8-6-5-7-18(19)20)35-25-13-14-29-24(16-28)32-25/h5-15H,1-4H3,(H2,30,31,33). The van der Waals surface area contributed by atoms with E-state index in [0.717, 1.165) is 16.3 Å². The molecule has 0 bridgehead atoms. The number of nitriles is 1. The molecule has 35 heavy (non-hydrogen) atoms. The summed E-state index contributed by atoms with van der Waals surface area (Å²) in [5, 5.41) is 16.4. The van der Waals surface area contributed by atoms with Crippen LogP contribution < -0.4 is 20.1 Å². The molecule has 2 N–H and O–H groups in total. The van der Waals surface area contributed by atoms with E-state index in [9.17, 15) is 4.79 Å². The molecule has 8 heteroatoms. The number of urea groups is 1. The van der Waals surface area contributed by atoms with Gasteiger partial charge in [0.05, 0.1) is 18.5 Å². The van der Waals surface area contributed by atoms with Gasteiger partial charge in [0.15, 0.2) is 0 Å². The largest absolute Gasteiger partial charge is 0.495 e. The molecule has 8 nitrogen and oxygen atoms in total.